The third-order valence-electron chi connectivity index (χ3n) is 3.01. The van der Waals surface area contributed by atoms with E-state index in [-0.39, 0.29) is 11.0 Å². The number of thioether (sulfide) groups is 1. The minimum Gasteiger partial charge on any atom is -0.300 e. The van der Waals surface area contributed by atoms with Crippen LogP contribution in [-0.4, -0.2) is 5.78 Å². The average Bonchev–Trinajstić information content (AvgIpc) is 2.41. The van der Waals surface area contributed by atoms with E-state index < -0.39 is 0 Å². The summed E-state index contributed by atoms with van der Waals surface area (Å²) in [5.41, 5.74) is 2.44. The number of halogens is 1. The molecule has 0 spiro atoms. The maximum atomic E-state index is 11.5. The number of hydrogen-bond donors (Lipinski definition) is 0. The largest absolute Gasteiger partial charge is 0.300 e. The van der Waals surface area contributed by atoms with E-state index in [0.717, 1.165) is 4.47 Å². The molecular weight excluding hydrogens is 332 g/mol. The Morgan fingerprint density at radius 1 is 1.10 bits per heavy atom. The first-order valence-electron chi connectivity index (χ1n) is 6.53. The van der Waals surface area contributed by atoms with Crippen LogP contribution < -0.4 is 0 Å². The van der Waals surface area contributed by atoms with Crippen molar-refractivity contribution in [2.24, 2.45) is 0 Å². The Morgan fingerprint density at radius 2 is 1.70 bits per heavy atom. The molecule has 2 aromatic carbocycles. The summed E-state index contributed by atoms with van der Waals surface area (Å²) in [5, 5.41) is 0.170. The molecule has 0 heterocycles. The third-order valence-corrected chi connectivity index (χ3v) is 4.81. The van der Waals surface area contributed by atoms with Crippen molar-refractivity contribution in [2.45, 2.75) is 30.4 Å². The maximum absolute atomic E-state index is 11.5. The van der Waals surface area contributed by atoms with E-state index in [1.54, 1.807) is 18.7 Å². The fourth-order valence-electron chi connectivity index (χ4n) is 1.95. The summed E-state index contributed by atoms with van der Waals surface area (Å²) >= 11 is 5.20. The number of carbonyl (C=O) groups excluding carboxylic acids is 1. The predicted molar refractivity (Wildman–Crippen MR) is 89.2 cm³/mol. The van der Waals surface area contributed by atoms with Crippen LogP contribution in [0, 0.1) is 6.92 Å². The highest BCUT2D eigenvalue weighted by atomic mass is 79.9. The summed E-state index contributed by atoms with van der Waals surface area (Å²) in [4.78, 5) is 12.7. The van der Waals surface area contributed by atoms with E-state index in [2.05, 4.69) is 59.3 Å². The summed E-state index contributed by atoms with van der Waals surface area (Å²) in [6.45, 7) is 3.73. The molecule has 1 nitrogen and oxygen atoms in total. The quantitative estimate of drug-likeness (QED) is 0.657. The van der Waals surface area contributed by atoms with Crippen LogP contribution >= 0.6 is 27.7 Å². The predicted octanol–water partition coefficient (Wildman–Crippen LogP) is 5.57. The van der Waals surface area contributed by atoms with Crippen molar-refractivity contribution in [3.05, 3.63) is 64.1 Å². The van der Waals surface area contributed by atoms with Gasteiger partial charge in [0, 0.05) is 21.0 Å². The normalized spacial score (nSPS) is 12.2. The van der Waals surface area contributed by atoms with Gasteiger partial charge in [-0.05, 0) is 43.7 Å². The van der Waals surface area contributed by atoms with E-state index in [1.807, 2.05) is 12.1 Å². The maximum Gasteiger partial charge on any atom is 0.131 e. The van der Waals surface area contributed by atoms with Crippen molar-refractivity contribution < 1.29 is 4.79 Å². The van der Waals surface area contributed by atoms with Gasteiger partial charge >= 0.3 is 0 Å². The van der Waals surface area contributed by atoms with Gasteiger partial charge in [0.2, 0.25) is 0 Å². The number of rotatable bonds is 5. The zero-order chi connectivity index (χ0) is 14.5. The highest BCUT2D eigenvalue weighted by molar-refractivity contribution is 9.10. The monoisotopic (exact) mass is 348 g/mol. The second-order valence-corrected chi connectivity index (χ2v) is 7.07. The fraction of sp³-hybridized carbons (Fsp3) is 0.235. The van der Waals surface area contributed by atoms with Gasteiger partial charge in [-0.15, -0.1) is 11.8 Å². The molecule has 0 aliphatic heterocycles. The summed E-state index contributed by atoms with van der Waals surface area (Å²) < 4.78 is 1.06. The third kappa shape index (κ3) is 4.50. The Hall–Kier alpha value is -1.06. The van der Waals surface area contributed by atoms with Gasteiger partial charge in [-0.3, -0.25) is 4.79 Å². The van der Waals surface area contributed by atoms with Gasteiger partial charge in [0.15, 0.2) is 0 Å². The number of aryl methyl sites for hydroxylation is 1. The van der Waals surface area contributed by atoms with Crippen LogP contribution in [0.5, 0.6) is 0 Å². The molecular formula is C17H17BrOS. The molecule has 0 amide bonds. The standard InChI is InChI=1S/C17H17BrOS/c1-12-3-9-16(10-4-12)20-17(11-13(2)19)14-5-7-15(18)8-6-14/h3-10,17H,11H2,1-2H3. The van der Waals surface area contributed by atoms with Gasteiger partial charge < -0.3 is 0 Å². The summed E-state index contributed by atoms with van der Waals surface area (Å²) in [6.07, 6.45) is 0.556. The first-order chi connectivity index (χ1) is 9.54. The van der Waals surface area contributed by atoms with Crippen molar-refractivity contribution in [2.75, 3.05) is 0 Å². The molecule has 0 saturated carbocycles. The van der Waals surface area contributed by atoms with Gasteiger partial charge in [-0.2, -0.15) is 0 Å². The molecule has 2 aromatic rings. The van der Waals surface area contributed by atoms with E-state index in [4.69, 9.17) is 0 Å². The Morgan fingerprint density at radius 3 is 2.25 bits per heavy atom. The van der Waals surface area contributed by atoms with Crippen LogP contribution in [-0.2, 0) is 4.79 Å². The van der Waals surface area contributed by atoms with E-state index in [0.29, 0.717) is 6.42 Å². The van der Waals surface area contributed by atoms with Gasteiger partial charge in [0.25, 0.3) is 0 Å². The molecule has 2 rings (SSSR count). The topological polar surface area (TPSA) is 17.1 Å². The van der Waals surface area contributed by atoms with Gasteiger partial charge in [0.05, 0.1) is 0 Å². The highest BCUT2D eigenvalue weighted by Crippen LogP contribution is 2.38. The zero-order valence-electron chi connectivity index (χ0n) is 11.6. The van der Waals surface area contributed by atoms with Gasteiger partial charge in [-0.25, -0.2) is 0 Å². The fourth-order valence-corrected chi connectivity index (χ4v) is 3.44. The average molecular weight is 349 g/mol. The Balaban J connectivity index is 2.21. The highest BCUT2D eigenvalue weighted by Gasteiger charge is 2.15. The molecule has 0 aromatic heterocycles. The number of carbonyl (C=O) groups is 1. The van der Waals surface area contributed by atoms with Crippen LogP contribution in [0.2, 0.25) is 0 Å². The van der Waals surface area contributed by atoms with Crippen LogP contribution in [0.4, 0.5) is 0 Å². The molecule has 0 radical (unpaired) electrons. The SMILES string of the molecule is CC(=O)CC(Sc1ccc(C)cc1)c1ccc(Br)cc1. The van der Waals surface area contributed by atoms with Crippen molar-refractivity contribution in [3.8, 4) is 0 Å². The summed E-state index contributed by atoms with van der Waals surface area (Å²) in [6, 6.07) is 16.7. The second kappa shape index (κ2) is 7.09. The number of ketones is 1. The second-order valence-electron chi connectivity index (χ2n) is 4.88. The summed E-state index contributed by atoms with van der Waals surface area (Å²) in [7, 11) is 0. The molecule has 20 heavy (non-hydrogen) atoms. The molecule has 0 N–H and O–H groups in total. The molecule has 0 aliphatic carbocycles. The lowest BCUT2D eigenvalue weighted by Crippen LogP contribution is -2.01. The Labute approximate surface area is 132 Å². The first kappa shape index (κ1) is 15.3. The molecule has 1 unspecified atom stereocenters. The van der Waals surface area contributed by atoms with Crippen LogP contribution in [0.1, 0.15) is 29.7 Å². The van der Waals surface area contributed by atoms with Crippen molar-refractivity contribution in [1.29, 1.82) is 0 Å². The van der Waals surface area contributed by atoms with Crippen molar-refractivity contribution in [3.63, 3.8) is 0 Å². The number of Topliss-reactive ketones (excluding diaryl/α,β-unsaturated/α-hetero) is 1. The van der Waals surface area contributed by atoms with E-state index in [9.17, 15) is 4.79 Å². The minimum absolute atomic E-state index is 0.170. The van der Waals surface area contributed by atoms with E-state index in [1.165, 1.54) is 16.0 Å². The smallest absolute Gasteiger partial charge is 0.131 e. The molecule has 0 fully saturated rings. The van der Waals surface area contributed by atoms with Crippen molar-refractivity contribution >= 4 is 33.5 Å². The number of hydrogen-bond acceptors (Lipinski definition) is 2. The molecule has 0 saturated heterocycles. The first-order valence-corrected chi connectivity index (χ1v) is 8.20. The Kier molecular flexibility index (Phi) is 5.44. The summed E-state index contributed by atoms with van der Waals surface area (Å²) in [5.74, 6) is 0.220. The lowest BCUT2D eigenvalue weighted by Gasteiger charge is -2.16. The molecule has 0 bridgehead atoms. The van der Waals surface area contributed by atoms with Crippen LogP contribution in [0.3, 0.4) is 0 Å². The Bertz CT molecular complexity index is 575. The van der Waals surface area contributed by atoms with Crippen LogP contribution in [0.25, 0.3) is 0 Å². The molecule has 1 atom stereocenters. The molecule has 0 aliphatic rings. The lowest BCUT2D eigenvalue weighted by molar-refractivity contribution is -0.117. The van der Waals surface area contributed by atoms with Gasteiger partial charge in [-0.1, -0.05) is 45.8 Å². The molecule has 3 heteroatoms. The van der Waals surface area contributed by atoms with Crippen molar-refractivity contribution in [1.82, 2.24) is 0 Å². The molecule has 104 valence electrons. The van der Waals surface area contributed by atoms with Crippen LogP contribution in [0.15, 0.2) is 57.9 Å². The van der Waals surface area contributed by atoms with E-state index >= 15 is 0 Å². The lowest BCUT2D eigenvalue weighted by atomic mass is 10.1. The zero-order valence-corrected chi connectivity index (χ0v) is 14.0. The number of benzene rings is 2. The van der Waals surface area contributed by atoms with Gasteiger partial charge in [0.1, 0.15) is 5.78 Å². The minimum atomic E-state index is 0.170.